The molecule has 2 aromatic carbocycles. The Labute approximate surface area is 152 Å². The maximum Gasteiger partial charge on any atom is 0.266 e. The maximum absolute atomic E-state index is 12.6. The Kier molecular flexibility index (Phi) is 4.84. The molecular formula is C17H12BrNO2S2. The van der Waals surface area contributed by atoms with Crippen LogP contribution < -0.4 is 0 Å². The quantitative estimate of drug-likeness (QED) is 0.600. The highest BCUT2D eigenvalue weighted by atomic mass is 79.9. The van der Waals surface area contributed by atoms with Gasteiger partial charge in [0.1, 0.15) is 10.1 Å². The Hall–Kier alpha value is -1.63. The monoisotopic (exact) mass is 405 g/mol. The molecule has 0 aromatic heterocycles. The molecular weight excluding hydrogens is 394 g/mol. The first-order chi connectivity index (χ1) is 11.0. The average Bonchev–Trinajstić information content (AvgIpc) is 2.80. The summed E-state index contributed by atoms with van der Waals surface area (Å²) >= 11 is 9.94. The van der Waals surface area contributed by atoms with Crippen molar-refractivity contribution >= 4 is 56.2 Å². The van der Waals surface area contributed by atoms with Crippen LogP contribution in [-0.4, -0.2) is 20.2 Å². The molecule has 3 nitrogen and oxygen atoms in total. The number of thioether (sulfide) groups is 1. The molecule has 1 fully saturated rings. The van der Waals surface area contributed by atoms with E-state index in [0.717, 1.165) is 10.0 Å². The fourth-order valence-corrected chi connectivity index (χ4v) is 3.81. The topological polar surface area (TPSA) is 40.5 Å². The molecule has 0 unspecified atom stereocenters. The van der Waals surface area contributed by atoms with Crippen molar-refractivity contribution in [3.05, 3.63) is 69.0 Å². The van der Waals surface area contributed by atoms with Crippen molar-refractivity contribution in [2.45, 2.75) is 6.54 Å². The van der Waals surface area contributed by atoms with Gasteiger partial charge in [-0.2, -0.15) is 0 Å². The van der Waals surface area contributed by atoms with Gasteiger partial charge in [0.25, 0.3) is 5.91 Å². The van der Waals surface area contributed by atoms with Crippen LogP contribution in [0.2, 0.25) is 0 Å². The second-order valence-electron chi connectivity index (χ2n) is 4.96. The summed E-state index contributed by atoms with van der Waals surface area (Å²) in [4.78, 5) is 14.7. The summed E-state index contributed by atoms with van der Waals surface area (Å²) in [5, 5.41) is 9.92. The van der Waals surface area contributed by atoms with Crippen molar-refractivity contribution in [2.24, 2.45) is 0 Å². The van der Waals surface area contributed by atoms with Crippen LogP contribution in [0.15, 0.2) is 57.9 Å². The van der Waals surface area contributed by atoms with E-state index in [1.807, 2.05) is 30.3 Å². The summed E-state index contributed by atoms with van der Waals surface area (Å²) in [5.74, 6) is -0.00948. The van der Waals surface area contributed by atoms with Crippen molar-refractivity contribution in [3.63, 3.8) is 0 Å². The van der Waals surface area contributed by atoms with E-state index in [2.05, 4.69) is 15.9 Å². The molecule has 1 heterocycles. The number of halogens is 1. The Morgan fingerprint density at radius 1 is 1.22 bits per heavy atom. The molecule has 1 aliphatic rings. The number of phenols is 1. The van der Waals surface area contributed by atoms with E-state index in [4.69, 9.17) is 12.2 Å². The SMILES string of the molecule is O=C1/C(=C/c2cc(Br)ccc2O)SC(=S)N1Cc1ccccc1. The highest BCUT2D eigenvalue weighted by Gasteiger charge is 2.32. The van der Waals surface area contributed by atoms with Crippen LogP contribution in [0, 0.1) is 0 Å². The van der Waals surface area contributed by atoms with Crippen LogP contribution in [0.1, 0.15) is 11.1 Å². The number of rotatable bonds is 3. The minimum atomic E-state index is -0.136. The van der Waals surface area contributed by atoms with Gasteiger partial charge < -0.3 is 5.11 Å². The number of thiocarbonyl (C=S) groups is 1. The van der Waals surface area contributed by atoms with Crippen LogP contribution in [0.3, 0.4) is 0 Å². The fraction of sp³-hybridized carbons (Fsp3) is 0.0588. The maximum atomic E-state index is 12.6. The van der Waals surface area contributed by atoms with E-state index in [1.165, 1.54) is 11.8 Å². The minimum absolute atomic E-state index is 0.126. The van der Waals surface area contributed by atoms with Gasteiger partial charge in [0.15, 0.2) is 0 Å². The lowest BCUT2D eigenvalue weighted by Crippen LogP contribution is -2.27. The van der Waals surface area contributed by atoms with E-state index in [-0.39, 0.29) is 11.7 Å². The predicted octanol–water partition coefficient (Wildman–Crippen LogP) is 4.56. The van der Waals surface area contributed by atoms with Crippen molar-refractivity contribution in [2.75, 3.05) is 0 Å². The van der Waals surface area contributed by atoms with E-state index in [9.17, 15) is 9.90 Å². The van der Waals surface area contributed by atoms with Crippen molar-refractivity contribution in [1.82, 2.24) is 4.90 Å². The molecule has 23 heavy (non-hydrogen) atoms. The number of hydrogen-bond acceptors (Lipinski definition) is 4. The first-order valence-electron chi connectivity index (χ1n) is 6.82. The van der Waals surface area contributed by atoms with Crippen LogP contribution in [0.25, 0.3) is 6.08 Å². The third-order valence-corrected chi connectivity index (χ3v) is 5.20. The molecule has 0 saturated carbocycles. The van der Waals surface area contributed by atoms with Crippen LogP contribution >= 0.6 is 39.9 Å². The zero-order chi connectivity index (χ0) is 16.4. The molecule has 1 amide bonds. The summed E-state index contributed by atoms with van der Waals surface area (Å²) < 4.78 is 1.36. The number of amides is 1. The molecule has 116 valence electrons. The second-order valence-corrected chi connectivity index (χ2v) is 7.55. The lowest BCUT2D eigenvalue weighted by Gasteiger charge is -2.14. The summed E-state index contributed by atoms with van der Waals surface area (Å²) in [6, 6.07) is 14.8. The Balaban J connectivity index is 1.86. The van der Waals surface area contributed by atoms with Crippen LogP contribution in [0.4, 0.5) is 0 Å². The van der Waals surface area contributed by atoms with Gasteiger partial charge in [0, 0.05) is 10.0 Å². The average molecular weight is 406 g/mol. The van der Waals surface area contributed by atoms with Gasteiger partial charge in [-0.15, -0.1) is 0 Å². The van der Waals surface area contributed by atoms with E-state index >= 15 is 0 Å². The molecule has 0 spiro atoms. The highest BCUT2D eigenvalue weighted by Crippen LogP contribution is 2.35. The first-order valence-corrected chi connectivity index (χ1v) is 8.84. The molecule has 1 aliphatic heterocycles. The van der Waals surface area contributed by atoms with E-state index in [1.54, 1.807) is 29.2 Å². The van der Waals surface area contributed by atoms with E-state index < -0.39 is 0 Å². The highest BCUT2D eigenvalue weighted by molar-refractivity contribution is 9.10. The molecule has 0 radical (unpaired) electrons. The summed E-state index contributed by atoms with van der Waals surface area (Å²) in [7, 11) is 0. The molecule has 0 atom stereocenters. The summed E-state index contributed by atoms with van der Waals surface area (Å²) in [6.45, 7) is 0.452. The van der Waals surface area contributed by atoms with Gasteiger partial charge >= 0.3 is 0 Å². The zero-order valence-electron chi connectivity index (χ0n) is 11.9. The summed E-state index contributed by atoms with van der Waals surface area (Å²) in [6.07, 6.45) is 1.67. The lowest BCUT2D eigenvalue weighted by atomic mass is 10.2. The standard InChI is InChI=1S/C17H12BrNO2S2/c18-13-6-7-14(20)12(8-13)9-15-16(21)19(17(22)23-15)10-11-4-2-1-3-5-11/h1-9,20H,10H2/b15-9-. The number of hydrogen-bond donors (Lipinski definition) is 1. The van der Waals surface area contributed by atoms with Gasteiger partial charge in [0.2, 0.25) is 0 Å². The van der Waals surface area contributed by atoms with Gasteiger partial charge in [0.05, 0.1) is 11.4 Å². The second kappa shape index (κ2) is 6.86. The normalized spacial score (nSPS) is 16.4. The predicted molar refractivity (Wildman–Crippen MR) is 101 cm³/mol. The number of nitrogens with zero attached hydrogens (tertiary/aromatic N) is 1. The van der Waals surface area contributed by atoms with Gasteiger partial charge in [-0.05, 0) is 29.8 Å². The first kappa shape index (κ1) is 16.2. The third kappa shape index (κ3) is 3.65. The molecule has 0 bridgehead atoms. The zero-order valence-corrected chi connectivity index (χ0v) is 15.1. The number of carbonyl (C=O) groups is 1. The molecule has 1 saturated heterocycles. The van der Waals surface area contributed by atoms with E-state index in [0.29, 0.717) is 21.3 Å². The lowest BCUT2D eigenvalue weighted by molar-refractivity contribution is -0.122. The number of benzene rings is 2. The molecule has 1 N–H and O–H groups in total. The van der Waals surface area contributed by atoms with Crippen molar-refractivity contribution in [3.8, 4) is 5.75 Å². The van der Waals surface area contributed by atoms with Gasteiger partial charge in [-0.3, -0.25) is 9.69 Å². The molecule has 0 aliphatic carbocycles. The molecule has 6 heteroatoms. The van der Waals surface area contributed by atoms with Crippen LogP contribution in [-0.2, 0) is 11.3 Å². The number of aromatic hydroxyl groups is 1. The third-order valence-electron chi connectivity index (χ3n) is 3.33. The van der Waals surface area contributed by atoms with Crippen molar-refractivity contribution in [1.29, 1.82) is 0 Å². The van der Waals surface area contributed by atoms with Crippen molar-refractivity contribution < 1.29 is 9.90 Å². The summed E-state index contributed by atoms with van der Waals surface area (Å²) in [5.41, 5.74) is 1.61. The Morgan fingerprint density at radius 3 is 2.70 bits per heavy atom. The molecule has 2 aromatic rings. The fourth-order valence-electron chi connectivity index (χ4n) is 2.18. The largest absolute Gasteiger partial charge is 0.507 e. The van der Waals surface area contributed by atoms with Gasteiger partial charge in [-0.1, -0.05) is 70.2 Å². The minimum Gasteiger partial charge on any atom is -0.507 e. The number of carbonyl (C=O) groups excluding carboxylic acids is 1. The Morgan fingerprint density at radius 2 is 1.96 bits per heavy atom. The van der Waals surface area contributed by atoms with Gasteiger partial charge in [-0.25, -0.2) is 0 Å². The molecule has 3 rings (SSSR count). The van der Waals surface area contributed by atoms with Crippen LogP contribution in [0.5, 0.6) is 5.75 Å². The number of phenolic OH excluding ortho intramolecular Hbond substituents is 1. The Bertz CT molecular complexity index is 805. The smallest absolute Gasteiger partial charge is 0.266 e.